The molecule has 2 atom stereocenters. The van der Waals surface area contributed by atoms with Crippen LogP contribution in [-0.4, -0.2) is 47.7 Å². The molecule has 0 aliphatic carbocycles. The summed E-state index contributed by atoms with van der Waals surface area (Å²) in [6.07, 6.45) is -0.462. The van der Waals surface area contributed by atoms with Gasteiger partial charge in [-0.15, -0.1) is 0 Å². The van der Waals surface area contributed by atoms with Crippen molar-refractivity contribution in [2.24, 2.45) is 0 Å². The van der Waals surface area contributed by atoms with Crippen LogP contribution < -0.4 is 0 Å². The number of hydrogen-bond acceptors (Lipinski definition) is 4. The van der Waals surface area contributed by atoms with E-state index in [-0.39, 0.29) is 18.9 Å². The standard InChI is InChI=1S/C16H21NO4/c1-10(2)11-4-6-12(7-5-11)15(19)17-9-13(18)8-14(17)16(20)21-3/h4-7,10,13-14,18H,8-9H2,1-3H3. The lowest BCUT2D eigenvalue weighted by Gasteiger charge is -2.22. The minimum Gasteiger partial charge on any atom is -0.467 e. The molecule has 1 fully saturated rings. The van der Waals surface area contributed by atoms with E-state index in [0.717, 1.165) is 5.56 Å². The van der Waals surface area contributed by atoms with Gasteiger partial charge in [-0.25, -0.2) is 4.79 Å². The van der Waals surface area contributed by atoms with Crippen LogP contribution in [0.5, 0.6) is 0 Å². The Morgan fingerprint density at radius 1 is 1.29 bits per heavy atom. The third-order valence-electron chi connectivity index (χ3n) is 3.84. The van der Waals surface area contributed by atoms with Gasteiger partial charge < -0.3 is 14.7 Å². The molecule has 1 aliphatic rings. The highest BCUT2D eigenvalue weighted by atomic mass is 16.5. The Hall–Kier alpha value is -1.88. The fraction of sp³-hybridized carbons (Fsp3) is 0.500. The predicted molar refractivity (Wildman–Crippen MR) is 78.0 cm³/mol. The Kier molecular flexibility index (Phi) is 4.63. The summed E-state index contributed by atoms with van der Waals surface area (Å²) in [7, 11) is 1.28. The van der Waals surface area contributed by atoms with Crippen LogP contribution in [0, 0.1) is 0 Å². The van der Waals surface area contributed by atoms with Crippen molar-refractivity contribution in [1.82, 2.24) is 4.90 Å². The first-order valence-electron chi connectivity index (χ1n) is 7.11. The van der Waals surface area contributed by atoms with Crippen LogP contribution >= 0.6 is 0 Å². The molecule has 5 nitrogen and oxygen atoms in total. The number of benzene rings is 1. The van der Waals surface area contributed by atoms with Crippen molar-refractivity contribution in [2.75, 3.05) is 13.7 Å². The van der Waals surface area contributed by atoms with Crippen LogP contribution in [0.15, 0.2) is 24.3 Å². The SMILES string of the molecule is COC(=O)C1CC(O)CN1C(=O)c1ccc(C(C)C)cc1. The van der Waals surface area contributed by atoms with E-state index in [1.54, 1.807) is 12.1 Å². The van der Waals surface area contributed by atoms with Gasteiger partial charge in [0.05, 0.1) is 13.2 Å². The maximum absolute atomic E-state index is 12.5. The third-order valence-corrected chi connectivity index (χ3v) is 3.84. The van der Waals surface area contributed by atoms with Crippen molar-refractivity contribution in [3.05, 3.63) is 35.4 Å². The second-order valence-electron chi connectivity index (χ2n) is 5.66. The smallest absolute Gasteiger partial charge is 0.328 e. The van der Waals surface area contributed by atoms with Crippen LogP contribution in [0.3, 0.4) is 0 Å². The van der Waals surface area contributed by atoms with E-state index < -0.39 is 18.1 Å². The normalized spacial score (nSPS) is 21.7. The van der Waals surface area contributed by atoms with Crippen molar-refractivity contribution in [1.29, 1.82) is 0 Å². The van der Waals surface area contributed by atoms with Crippen LogP contribution in [0.1, 0.15) is 42.1 Å². The highest BCUT2D eigenvalue weighted by Gasteiger charge is 2.39. The summed E-state index contributed by atoms with van der Waals surface area (Å²) >= 11 is 0. The number of likely N-dealkylation sites (tertiary alicyclic amines) is 1. The van der Waals surface area contributed by atoms with Gasteiger partial charge in [0, 0.05) is 18.5 Å². The van der Waals surface area contributed by atoms with Crippen LogP contribution in [0.25, 0.3) is 0 Å². The fourth-order valence-corrected chi connectivity index (χ4v) is 2.57. The average molecular weight is 291 g/mol. The first-order chi connectivity index (χ1) is 9.93. The van der Waals surface area contributed by atoms with Crippen molar-refractivity contribution in [3.63, 3.8) is 0 Å². The molecule has 0 saturated carbocycles. The summed E-state index contributed by atoms with van der Waals surface area (Å²) in [5, 5.41) is 9.73. The number of ether oxygens (including phenoxy) is 1. The van der Waals surface area contributed by atoms with Gasteiger partial charge in [-0.05, 0) is 23.6 Å². The average Bonchev–Trinajstić information content (AvgIpc) is 2.87. The first kappa shape index (κ1) is 15.5. The van der Waals surface area contributed by atoms with Crippen molar-refractivity contribution in [3.8, 4) is 0 Å². The van der Waals surface area contributed by atoms with Gasteiger partial charge in [0.25, 0.3) is 5.91 Å². The van der Waals surface area contributed by atoms with E-state index >= 15 is 0 Å². The van der Waals surface area contributed by atoms with Gasteiger partial charge in [-0.1, -0.05) is 26.0 Å². The molecule has 1 saturated heterocycles. The maximum Gasteiger partial charge on any atom is 0.328 e. The molecule has 1 amide bonds. The number of methoxy groups -OCH3 is 1. The molecular formula is C16H21NO4. The molecule has 0 spiro atoms. The number of carbonyl (C=O) groups is 2. The van der Waals surface area contributed by atoms with E-state index in [9.17, 15) is 14.7 Å². The second-order valence-corrected chi connectivity index (χ2v) is 5.66. The Morgan fingerprint density at radius 2 is 1.90 bits per heavy atom. The Balaban J connectivity index is 2.19. The molecule has 2 rings (SSSR count). The quantitative estimate of drug-likeness (QED) is 0.858. The van der Waals surface area contributed by atoms with E-state index in [0.29, 0.717) is 11.5 Å². The minimum absolute atomic E-state index is 0.157. The summed E-state index contributed by atoms with van der Waals surface area (Å²) < 4.78 is 4.71. The molecule has 1 aromatic rings. The minimum atomic E-state index is -0.706. The van der Waals surface area contributed by atoms with Gasteiger partial charge in [-0.2, -0.15) is 0 Å². The number of carbonyl (C=O) groups excluding carboxylic acids is 2. The lowest BCUT2D eigenvalue weighted by Crippen LogP contribution is -2.41. The summed E-state index contributed by atoms with van der Waals surface area (Å²) in [6, 6.07) is 6.64. The van der Waals surface area contributed by atoms with Gasteiger partial charge in [0.2, 0.25) is 0 Å². The van der Waals surface area contributed by atoms with E-state index in [1.165, 1.54) is 12.0 Å². The monoisotopic (exact) mass is 291 g/mol. The van der Waals surface area contributed by atoms with Crippen molar-refractivity contribution in [2.45, 2.75) is 38.3 Å². The zero-order valence-electron chi connectivity index (χ0n) is 12.6. The Morgan fingerprint density at radius 3 is 2.43 bits per heavy atom. The van der Waals surface area contributed by atoms with Crippen molar-refractivity contribution >= 4 is 11.9 Å². The maximum atomic E-state index is 12.5. The van der Waals surface area contributed by atoms with Crippen LogP contribution in [0.4, 0.5) is 0 Å². The van der Waals surface area contributed by atoms with Gasteiger partial charge >= 0.3 is 5.97 Å². The van der Waals surface area contributed by atoms with Crippen LogP contribution in [-0.2, 0) is 9.53 Å². The molecule has 0 bridgehead atoms. The molecule has 2 unspecified atom stereocenters. The molecule has 5 heteroatoms. The molecule has 0 radical (unpaired) electrons. The summed E-state index contributed by atoms with van der Waals surface area (Å²) in [6.45, 7) is 4.33. The topological polar surface area (TPSA) is 66.8 Å². The zero-order valence-corrected chi connectivity index (χ0v) is 12.6. The Bertz CT molecular complexity index is 524. The molecule has 1 aliphatic heterocycles. The van der Waals surface area contributed by atoms with Gasteiger partial charge in [-0.3, -0.25) is 4.79 Å². The highest BCUT2D eigenvalue weighted by molar-refractivity contribution is 5.97. The first-order valence-corrected chi connectivity index (χ1v) is 7.11. The molecule has 0 aromatic heterocycles. The van der Waals surface area contributed by atoms with Gasteiger partial charge in [0.1, 0.15) is 6.04 Å². The molecule has 1 aromatic carbocycles. The number of nitrogens with zero attached hydrogens (tertiary/aromatic N) is 1. The summed E-state index contributed by atoms with van der Waals surface area (Å²) in [5.74, 6) is -0.346. The second kappa shape index (κ2) is 6.26. The van der Waals surface area contributed by atoms with Crippen molar-refractivity contribution < 1.29 is 19.4 Å². The number of rotatable bonds is 3. The molecule has 1 heterocycles. The summed E-state index contributed by atoms with van der Waals surface area (Å²) in [5.41, 5.74) is 1.67. The number of amides is 1. The number of esters is 1. The molecule has 114 valence electrons. The van der Waals surface area contributed by atoms with E-state index in [2.05, 4.69) is 13.8 Å². The fourth-order valence-electron chi connectivity index (χ4n) is 2.57. The molecular weight excluding hydrogens is 270 g/mol. The lowest BCUT2D eigenvalue weighted by atomic mass is 10.0. The number of aliphatic hydroxyl groups excluding tert-OH is 1. The van der Waals surface area contributed by atoms with Gasteiger partial charge in [0.15, 0.2) is 0 Å². The van der Waals surface area contributed by atoms with E-state index in [4.69, 9.17) is 4.74 Å². The molecule has 21 heavy (non-hydrogen) atoms. The van der Waals surface area contributed by atoms with E-state index in [1.807, 2.05) is 12.1 Å². The lowest BCUT2D eigenvalue weighted by molar-refractivity contribution is -0.145. The van der Waals surface area contributed by atoms with Crippen LogP contribution in [0.2, 0.25) is 0 Å². The highest BCUT2D eigenvalue weighted by Crippen LogP contribution is 2.22. The zero-order chi connectivity index (χ0) is 15.6. The molecule has 1 N–H and O–H groups in total. The number of hydrogen-bond donors (Lipinski definition) is 1. The number of β-amino-alcohol motifs (C(OH)–C–C–N with tert-alkyl or cyclic N) is 1. The number of aliphatic hydroxyl groups is 1. The summed E-state index contributed by atoms with van der Waals surface area (Å²) in [4.78, 5) is 25.6. The third kappa shape index (κ3) is 3.24. The predicted octanol–water partition coefficient (Wildman–Crippen LogP) is 1.56. The largest absolute Gasteiger partial charge is 0.467 e. The Labute approximate surface area is 124 Å².